The molecule has 2 bridgehead atoms. The quantitative estimate of drug-likeness (QED) is 0.791. The van der Waals surface area contributed by atoms with Gasteiger partial charge in [0.25, 0.3) is 0 Å². The first-order valence-electron chi connectivity index (χ1n) is 7.90. The Hall–Kier alpha value is -1.60. The van der Waals surface area contributed by atoms with Gasteiger partial charge in [-0.05, 0) is 38.1 Å². The summed E-state index contributed by atoms with van der Waals surface area (Å²) in [6.45, 7) is 1.17. The van der Waals surface area contributed by atoms with Crippen LogP contribution in [-0.4, -0.2) is 50.1 Å². The molecule has 0 radical (unpaired) electrons. The number of benzene rings is 1. The van der Waals surface area contributed by atoms with E-state index in [1.54, 1.807) is 0 Å². The van der Waals surface area contributed by atoms with Crippen LogP contribution < -0.4 is 4.74 Å². The van der Waals surface area contributed by atoms with Gasteiger partial charge in [-0.2, -0.15) is 13.2 Å². The van der Waals surface area contributed by atoms with Crippen LogP contribution in [0.2, 0.25) is 0 Å². The molecule has 7 heteroatoms. The van der Waals surface area contributed by atoms with Crippen molar-refractivity contribution >= 4 is 5.78 Å². The minimum absolute atomic E-state index is 0.0184. The number of nitrogens with zero attached hydrogens (tertiary/aromatic N) is 1. The van der Waals surface area contributed by atoms with Crippen LogP contribution in [-0.2, 0) is 10.9 Å². The summed E-state index contributed by atoms with van der Waals surface area (Å²) >= 11 is 0. The van der Waals surface area contributed by atoms with Gasteiger partial charge < -0.3 is 9.47 Å². The molecule has 2 aliphatic rings. The molecule has 132 valence electrons. The number of alkyl halides is 3. The first-order valence-corrected chi connectivity index (χ1v) is 7.90. The lowest BCUT2D eigenvalue weighted by molar-refractivity contribution is -0.137. The Labute approximate surface area is 138 Å². The number of methoxy groups -OCH3 is 1. The average Bonchev–Trinajstić information content (AvgIpc) is 2.52. The van der Waals surface area contributed by atoms with Crippen molar-refractivity contribution in [1.29, 1.82) is 0 Å². The molecule has 0 aromatic heterocycles. The Bertz CT molecular complexity index is 618. The van der Waals surface area contributed by atoms with E-state index in [9.17, 15) is 18.0 Å². The van der Waals surface area contributed by atoms with Crippen molar-refractivity contribution in [2.24, 2.45) is 5.92 Å². The molecule has 2 unspecified atom stereocenters. The summed E-state index contributed by atoms with van der Waals surface area (Å²) in [5, 5.41) is 0. The fourth-order valence-corrected chi connectivity index (χ4v) is 3.60. The molecule has 1 aromatic rings. The number of carbonyl (C=O) groups is 1. The highest BCUT2D eigenvalue weighted by Crippen LogP contribution is 2.37. The number of carbonyl (C=O) groups excluding carboxylic acids is 1. The van der Waals surface area contributed by atoms with Gasteiger partial charge in [0.1, 0.15) is 5.75 Å². The lowest BCUT2D eigenvalue weighted by Gasteiger charge is -2.46. The van der Waals surface area contributed by atoms with Crippen molar-refractivity contribution < 1.29 is 27.4 Å². The van der Waals surface area contributed by atoms with Gasteiger partial charge in [-0.25, -0.2) is 0 Å². The zero-order valence-corrected chi connectivity index (χ0v) is 13.6. The van der Waals surface area contributed by atoms with Crippen molar-refractivity contribution in [3.63, 3.8) is 0 Å². The summed E-state index contributed by atoms with van der Waals surface area (Å²) in [5.41, 5.74) is -0.594. The number of ether oxygens (including phenoxy) is 2. The molecule has 0 N–H and O–H groups in total. The van der Waals surface area contributed by atoms with Gasteiger partial charge in [-0.1, -0.05) is 0 Å². The topological polar surface area (TPSA) is 38.8 Å². The fourth-order valence-electron chi connectivity index (χ4n) is 3.60. The minimum atomic E-state index is -4.46. The second kappa shape index (κ2) is 6.37. The van der Waals surface area contributed by atoms with Crippen molar-refractivity contribution in [2.45, 2.75) is 31.1 Å². The number of fused-ring (bicyclic) bond motifs is 2. The summed E-state index contributed by atoms with van der Waals surface area (Å²) < 4.78 is 49.1. The second-order valence-corrected chi connectivity index (χ2v) is 6.46. The van der Waals surface area contributed by atoms with Crippen LogP contribution >= 0.6 is 0 Å². The molecule has 3 rings (SSSR count). The van der Waals surface area contributed by atoms with Crippen LogP contribution in [0.3, 0.4) is 0 Å². The predicted molar refractivity (Wildman–Crippen MR) is 81.2 cm³/mol. The van der Waals surface area contributed by atoms with E-state index in [1.165, 1.54) is 13.2 Å². The molecule has 2 saturated heterocycles. The lowest BCUT2D eigenvalue weighted by Crippen LogP contribution is -2.55. The maximum Gasteiger partial charge on any atom is 0.416 e. The molecular formula is C17H20F3NO3. The monoisotopic (exact) mass is 343 g/mol. The zero-order valence-electron chi connectivity index (χ0n) is 13.6. The number of piperidine rings is 1. The standard InChI is InChI=1S/C17H20F3NO3/c1-21-12-5-10(6-13(21)9-24-8-12)16(22)14-4-3-11(17(18,19)20)7-15(14)23-2/h3-4,7,10,12-13H,5-6,8-9H2,1-2H3. The predicted octanol–water partition coefficient (Wildman–Crippen LogP) is 3.01. The summed E-state index contributed by atoms with van der Waals surface area (Å²) in [4.78, 5) is 15.1. The summed E-state index contributed by atoms with van der Waals surface area (Å²) in [6.07, 6.45) is -3.16. The van der Waals surface area contributed by atoms with E-state index in [-0.39, 0.29) is 35.1 Å². The number of ketones is 1. The normalized spacial score (nSPS) is 27.8. The van der Waals surface area contributed by atoms with E-state index in [4.69, 9.17) is 9.47 Å². The Kier molecular flexibility index (Phi) is 4.57. The number of likely N-dealkylation sites (N-methyl/N-ethyl adjacent to an activating group) is 1. The zero-order chi connectivity index (χ0) is 17.5. The van der Waals surface area contributed by atoms with E-state index in [0.717, 1.165) is 12.1 Å². The summed E-state index contributed by atoms with van der Waals surface area (Å²) in [5.74, 6) is -0.383. The molecule has 0 spiro atoms. The number of halogens is 3. The van der Waals surface area contributed by atoms with Crippen LogP contribution in [0.25, 0.3) is 0 Å². The number of rotatable bonds is 3. The molecule has 4 nitrogen and oxygen atoms in total. The molecule has 24 heavy (non-hydrogen) atoms. The molecule has 0 aliphatic carbocycles. The molecule has 0 saturated carbocycles. The van der Waals surface area contributed by atoms with Gasteiger partial charge in [0.2, 0.25) is 0 Å². The van der Waals surface area contributed by atoms with Crippen LogP contribution in [0, 0.1) is 5.92 Å². The van der Waals surface area contributed by atoms with Crippen LogP contribution in [0.5, 0.6) is 5.75 Å². The highest BCUT2D eigenvalue weighted by molar-refractivity contribution is 6.00. The molecule has 2 atom stereocenters. The number of hydrogen-bond donors (Lipinski definition) is 0. The maximum absolute atomic E-state index is 12.9. The highest BCUT2D eigenvalue weighted by atomic mass is 19.4. The first-order chi connectivity index (χ1) is 11.3. The van der Waals surface area contributed by atoms with E-state index in [0.29, 0.717) is 26.1 Å². The van der Waals surface area contributed by atoms with Crippen molar-refractivity contribution in [2.75, 3.05) is 27.4 Å². The average molecular weight is 343 g/mol. The Morgan fingerprint density at radius 1 is 1.25 bits per heavy atom. The smallest absolute Gasteiger partial charge is 0.416 e. The Balaban J connectivity index is 1.85. The number of morpholine rings is 1. The molecular weight excluding hydrogens is 323 g/mol. The van der Waals surface area contributed by atoms with E-state index in [1.807, 2.05) is 7.05 Å². The van der Waals surface area contributed by atoms with E-state index < -0.39 is 11.7 Å². The van der Waals surface area contributed by atoms with Gasteiger partial charge in [0, 0.05) is 18.0 Å². The third kappa shape index (κ3) is 3.15. The van der Waals surface area contributed by atoms with Gasteiger partial charge in [0.15, 0.2) is 5.78 Å². The highest BCUT2D eigenvalue weighted by Gasteiger charge is 2.40. The van der Waals surface area contributed by atoms with Crippen LogP contribution in [0.15, 0.2) is 18.2 Å². The largest absolute Gasteiger partial charge is 0.496 e. The first kappa shape index (κ1) is 17.2. The van der Waals surface area contributed by atoms with Gasteiger partial charge in [-0.3, -0.25) is 9.69 Å². The second-order valence-electron chi connectivity index (χ2n) is 6.46. The summed E-state index contributed by atoms with van der Waals surface area (Å²) in [7, 11) is 3.31. The van der Waals surface area contributed by atoms with Crippen molar-refractivity contribution in [1.82, 2.24) is 4.90 Å². The third-order valence-electron chi connectivity index (χ3n) is 5.05. The lowest BCUT2D eigenvalue weighted by atomic mass is 9.80. The fraction of sp³-hybridized carbons (Fsp3) is 0.588. The molecule has 1 aromatic carbocycles. The molecule has 2 heterocycles. The molecule has 2 aliphatic heterocycles. The molecule has 2 fully saturated rings. The molecule has 0 amide bonds. The maximum atomic E-state index is 12.9. The number of hydrogen-bond acceptors (Lipinski definition) is 4. The van der Waals surface area contributed by atoms with Crippen molar-refractivity contribution in [3.05, 3.63) is 29.3 Å². The number of Topliss-reactive ketones (excluding diaryl/α,β-unsaturated/α-hetero) is 1. The van der Waals surface area contributed by atoms with Gasteiger partial charge in [0.05, 0.1) is 31.5 Å². The van der Waals surface area contributed by atoms with Gasteiger partial charge in [-0.15, -0.1) is 0 Å². The van der Waals surface area contributed by atoms with Crippen LogP contribution in [0.1, 0.15) is 28.8 Å². The van der Waals surface area contributed by atoms with Gasteiger partial charge >= 0.3 is 6.18 Å². The SMILES string of the molecule is COc1cc(C(F)(F)F)ccc1C(=O)C1CC2COCC(C1)N2C. The third-order valence-corrected chi connectivity index (χ3v) is 5.05. The Morgan fingerprint density at radius 3 is 2.42 bits per heavy atom. The Morgan fingerprint density at radius 2 is 1.88 bits per heavy atom. The van der Waals surface area contributed by atoms with E-state index >= 15 is 0 Å². The summed E-state index contributed by atoms with van der Waals surface area (Å²) in [6, 6.07) is 3.41. The van der Waals surface area contributed by atoms with Crippen LogP contribution in [0.4, 0.5) is 13.2 Å². The van der Waals surface area contributed by atoms with Crippen molar-refractivity contribution in [3.8, 4) is 5.75 Å². The van der Waals surface area contributed by atoms with E-state index in [2.05, 4.69) is 4.90 Å². The minimum Gasteiger partial charge on any atom is -0.496 e.